The van der Waals surface area contributed by atoms with Gasteiger partial charge >= 0.3 is 0 Å². The first-order valence-electron chi connectivity index (χ1n) is 7.51. The van der Waals surface area contributed by atoms with Crippen molar-refractivity contribution >= 4 is 15.9 Å². The fourth-order valence-electron chi connectivity index (χ4n) is 3.54. The van der Waals surface area contributed by atoms with E-state index >= 15 is 0 Å². The maximum atomic E-state index is 6.12. The largest absolute Gasteiger partial charge is 0.381 e. The lowest BCUT2D eigenvalue weighted by molar-refractivity contribution is -0.150. The van der Waals surface area contributed by atoms with Crippen molar-refractivity contribution in [3.8, 4) is 0 Å². The molecule has 5 nitrogen and oxygen atoms in total. The lowest BCUT2D eigenvalue weighted by Crippen LogP contribution is -2.47. The highest BCUT2D eigenvalue weighted by Crippen LogP contribution is 2.41. The number of nitrogens with one attached hydrogen (secondary N) is 1. The molecule has 2 aliphatic rings. The number of hydrogen-bond donors (Lipinski definition) is 2. The molecule has 2 atom stereocenters. The first-order valence-corrected chi connectivity index (χ1v) is 8.30. The highest BCUT2D eigenvalue weighted by atomic mass is 79.9. The lowest BCUT2D eigenvalue weighted by atomic mass is 9.76. The van der Waals surface area contributed by atoms with Crippen LogP contribution in [-0.2, 0) is 9.47 Å². The Kier molecular flexibility index (Phi) is 4.91. The Bertz CT molecular complexity index is 474. The molecule has 2 fully saturated rings. The van der Waals surface area contributed by atoms with Gasteiger partial charge in [0.1, 0.15) is 0 Å². The molecule has 0 radical (unpaired) electrons. The Hall–Kier alpha value is -0.530. The summed E-state index contributed by atoms with van der Waals surface area (Å²) in [5.74, 6) is 6.30. The van der Waals surface area contributed by atoms with Crippen molar-refractivity contribution in [3.63, 3.8) is 0 Å². The van der Waals surface area contributed by atoms with Gasteiger partial charge < -0.3 is 9.47 Å². The van der Waals surface area contributed by atoms with Crippen molar-refractivity contribution in [1.82, 2.24) is 10.4 Å². The van der Waals surface area contributed by atoms with E-state index in [1.165, 1.54) is 0 Å². The normalized spacial score (nSPS) is 26.7. The van der Waals surface area contributed by atoms with E-state index in [2.05, 4.69) is 32.4 Å². The van der Waals surface area contributed by atoms with E-state index in [4.69, 9.17) is 15.3 Å². The molecule has 21 heavy (non-hydrogen) atoms. The second-order valence-electron chi connectivity index (χ2n) is 5.98. The fraction of sp³-hybridized carbons (Fsp3) is 0.667. The van der Waals surface area contributed by atoms with Crippen molar-refractivity contribution < 1.29 is 9.47 Å². The van der Waals surface area contributed by atoms with Gasteiger partial charge in [-0.3, -0.25) is 16.3 Å². The minimum absolute atomic E-state index is 0.0181. The molecule has 2 unspecified atom stereocenters. The molecule has 1 spiro atoms. The number of aromatic nitrogens is 1. The van der Waals surface area contributed by atoms with Crippen LogP contribution in [0.2, 0.25) is 0 Å². The zero-order valence-corrected chi connectivity index (χ0v) is 13.6. The van der Waals surface area contributed by atoms with Gasteiger partial charge in [-0.15, -0.1) is 0 Å². The van der Waals surface area contributed by atoms with Crippen LogP contribution in [0.4, 0.5) is 0 Å². The third-order valence-electron chi connectivity index (χ3n) is 4.67. The first kappa shape index (κ1) is 15.4. The minimum atomic E-state index is -0.0181. The van der Waals surface area contributed by atoms with Gasteiger partial charge in [0, 0.05) is 36.7 Å². The van der Waals surface area contributed by atoms with E-state index in [0.717, 1.165) is 55.5 Å². The van der Waals surface area contributed by atoms with Crippen molar-refractivity contribution in [1.29, 1.82) is 0 Å². The number of ether oxygens (including phenoxy) is 2. The average molecular weight is 356 g/mol. The molecule has 1 aromatic heterocycles. The summed E-state index contributed by atoms with van der Waals surface area (Å²) >= 11 is 3.48. The molecule has 0 amide bonds. The maximum absolute atomic E-state index is 6.12. The molecular formula is C15H22BrN3O2. The zero-order chi connectivity index (χ0) is 14.7. The molecule has 0 bridgehead atoms. The van der Waals surface area contributed by atoms with Gasteiger partial charge in [-0.25, -0.2) is 0 Å². The van der Waals surface area contributed by atoms with Gasteiger partial charge in [0.2, 0.25) is 0 Å². The molecule has 116 valence electrons. The summed E-state index contributed by atoms with van der Waals surface area (Å²) in [6, 6.07) is 2.20. The second kappa shape index (κ2) is 6.71. The Labute approximate surface area is 133 Å². The van der Waals surface area contributed by atoms with Crippen molar-refractivity contribution in [2.45, 2.75) is 37.3 Å². The summed E-state index contributed by atoms with van der Waals surface area (Å²) in [7, 11) is 0. The van der Waals surface area contributed by atoms with Crippen molar-refractivity contribution in [2.24, 2.45) is 11.8 Å². The van der Waals surface area contributed by atoms with Crippen molar-refractivity contribution in [3.05, 3.63) is 28.5 Å². The SMILES string of the molecule is NNC(c1cncc(Br)c1)C1CCOC2(CCOCC2)C1. The first-order chi connectivity index (χ1) is 10.2. The van der Waals surface area contributed by atoms with E-state index in [9.17, 15) is 0 Å². The van der Waals surface area contributed by atoms with Crippen LogP contribution < -0.4 is 11.3 Å². The molecular weight excluding hydrogens is 334 g/mol. The third-order valence-corrected chi connectivity index (χ3v) is 5.10. The van der Waals surface area contributed by atoms with Gasteiger partial charge in [-0.05, 0) is 59.2 Å². The zero-order valence-electron chi connectivity index (χ0n) is 12.1. The van der Waals surface area contributed by atoms with E-state index < -0.39 is 0 Å². The van der Waals surface area contributed by atoms with Gasteiger partial charge in [-0.1, -0.05) is 0 Å². The van der Waals surface area contributed by atoms with Gasteiger partial charge in [0.25, 0.3) is 0 Å². The molecule has 0 saturated carbocycles. The third kappa shape index (κ3) is 3.46. The van der Waals surface area contributed by atoms with Crippen LogP contribution in [-0.4, -0.2) is 30.4 Å². The molecule has 1 aromatic rings. The number of halogens is 1. The number of hydrogen-bond acceptors (Lipinski definition) is 5. The Morgan fingerprint density at radius 1 is 1.33 bits per heavy atom. The van der Waals surface area contributed by atoms with Gasteiger partial charge in [0.05, 0.1) is 11.6 Å². The molecule has 3 heterocycles. The molecule has 3 N–H and O–H groups in total. The Balaban J connectivity index is 1.77. The predicted octanol–water partition coefficient (Wildman–Crippen LogP) is 2.32. The van der Waals surface area contributed by atoms with E-state index in [1.54, 1.807) is 6.20 Å². The summed E-state index contributed by atoms with van der Waals surface area (Å²) in [6.07, 6.45) is 7.69. The number of hydrazine groups is 1. The topological polar surface area (TPSA) is 69.4 Å². The van der Waals surface area contributed by atoms with Crippen LogP contribution in [0.1, 0.15) is 37.3 Å². The van der Waals surface area contributed by atoms with E-state index in [1.807, 2.05) is 6.20 Å². The van der Waals surface area contributed by atoms with Crippen molar-refractivity contribution in [2.75, 3.05) is 19.8 Å². The molecule has 2 aliphatic heterocycles. The van der Waals surface area contributed by atoms with E-state index in [-0.39, 0.29) is 11.6 Å². The lowest BCUT2D eigenvalue weighted by Gasteiger charge is -2.45. The minimum Gasteiger partial charge on any atom is -0.381 e. The summed E-state index contributed by atoms with van der Waals surface area (Å²) in [5, 5.41) is 0. The van der Waals surface area contributed by atoms with Crippen LogP contribution in [0, 0.1) is 5.92 Å². The smallest absolute Gasteiger partial charge is 0.0729 e. The van der Waals surface area contributed by atoms with Crippen LogP contribution in [0.5, 0.6) is 0 Å². The number of nitrogens with zero attached hydrogens (tertiary/aromatic N) is 1. The molecule has 0 aliphatic carbocycles. The number of rotatable bonds is 3. The maximum Gasteiger partial charge on any atom is 0.0729 e. The van der Waals surface area contributed by atoms with Crippen LogP contribution in [0.25, 0.3) is 0 Å². The van der Waals surface area contributed by atoms with Crippen LogP contribution in [0.3, 0.4) is 0 Å². The summed E-state index contributed by atoms with van der Waals surface area (Å²) in [6.45, 7) is 2.39. The van der Waals surface area contributed by atoms with E-state index in [0.29, 0.717) is 5.92 Å². The highest BCUT2D eigenvalue weighted by Gasteiger charge is 2.41. The van der Waals surface area contributed by atoms with Gasteiger partial charge in [0.15, 0.2) is 0 Å². The molecule has 6 heteroatoms. The average Bonchev–Trinajstić information content (AvgIpc) is 2.49. The van der Waals surface area contributed by atoms with Crippen LogP contribution in [0.15, 0.2) is 22.9 Å². The Morgan fingerprint density at radius 3 is 2.86 bits per heavy atom. The highest BCUT2D eigenvalue weighted by molar-refractivity contribution is 9.10. The molecule has 2 saturated heterocycles. The molecule has 0 aromatic carbocycles. The van der Waals surface area contributed by atoms with Gasteiger partial charge in [-0.2, -0.15) is 0 Å². The second-order valence-corrected chi connectivity index (χ2v) is 6.89. The summed E-state index contributed by atoms with van der Waals surface area (Å²) < 4.78 is 12.6. The Morgan fingerprint density at radius 2 is 2.14 bits per heavy atom. The number of nitrogens with two attached hydrogens (primary N) is 1. The number of pyridine rings is 1. The monoisotopic (exact) mass is 355 g/mol. The standard InChI is InChI=1S/C15H22BrN3O2/c16-13-7-12(9-18-10-13)14(19-17)11-1-4-21-15(8-11)2-5-20-6-3-15/h7,9-11,14,19H,1-6,8,17H2. The fourth-order valence-corrected chi connectivity index (χ4v) is 3.93. The summed E-state index contributed by atoms with van der Waals surface area (Å²) in [4.78, 5) is 4.26. The predicted molar refractivity (Wildman–Crippen MR) is 83.5 cm³/mol. The van der Waals surface area contributed by atoms with Crippen LogP contribution >= 0.6 is 15.9 Å². The quantitative estimate of drug-likeness (QED) is 0.643. The molecule has 3 rings (SSSR count). The summed E-state index contributed by atoms with van der Waals surface area (Å²) in [5.41, 5.74) is 4.10.